The summed E-state index contributed by atoms with van der Waals surface area (Å²) in [5.74, 6) is 1.70. The van der Waals surface area contributed by atoms with E-state index in [4.69, 9.17) is 20.4 Å². The lowest BCUT2D eigenvalue weighted by Gasteiger charge is -2.01. The van der Waals surface area contributed by atoms with Gasteiger partial charge in [-0.05, 0) is 43.3 Å². The van der Waals surface area contributed by atoms with Crippen LogP contribution in [0.5, 0.6) is 0 Å². The molecule has 0 aliphatic heterocycles. The molecule has 0 amide bonds. The molecule has 0 aliphatic carbocycles. The van der Waals surface area contributed by atoms with E-state index in [0.717, 1.165) is 41.0 Å². The molecule has 0 bridgehead atoms. The second-order valence-corrected chi connectivity index (χ2v) is 5.16. The van der Waals surface area contributed by atoms with Gasteiger partial charge in [-0.25, -0.2) is 0 Å². The Hall–Kier alpha value is -1.71. The van der Waals surface area contributed by atoms with Crippen LogP contribution in [0.2, 0.25) is 5.02 Å². The Balaban J connectivity index is 1.92. The third-order valence-corrected chi connectivity index (χ3v) is 3.44. The Morgan fingerprint density at radius 3 is 2.95 bits per heavy atom. The van der Waals surface area contributed by atoms with Crippen molar-refractivity contribution in [1.82, 2.24) is 5.32 Å². The highest BCUT2D eigenvalue weighted by atomic mass is 35.5. The Morgan fingerprint density at radius 2 is 2.10 bits per heavy atom. The first-order chi connectivity index (χ1) is 9.78. The fourth-order valence-electron chi connectivity index (χ4n) is 2.22. The summed E-state index contributed by atoms with van der Waals surface area (Å²) in [6.07, 6.45) is 2.79. The van der Waals surface area contributed by atoms with E-state index in [1.54, 1.807) is 6.26 Å². The van der Waals surface area contributed by atoms with Crippen LogP contribution in [-0.2, 0) is 6.54 Å². The van der Waals surface area contributed by atoms with Crippen LogP contribution in [0.1, 0.15) is 19.1 Å². The molecule has 0 aliphatic rings. The monoisotopic (exact) mass is 289 g/mol. The standard InChI is InChI=1S/C16H16ClNO2/c1-2-6-18-10-16-13(5-7-19-16)15-9-11-8-12(17)3-4-14(11)20-15/h3-5,7-9,18H,2,6,10H2,1H3. The van der Waals surface area contributed by atoms with Gasteiger partial charge in [-0.15, -0.1) is 0 Å². The lowest BCUT2D eigenvalue weighted by atomic mass is 10.1. The predicted octanol–water partition coefficient (Wildman–Crippen LogP) is 4.85. The molecule has 3 aromatic rings. The summed E-state index contributed by atoms with van der Waals surface area (Å²) in [5.41, 5.74) is 1.82. The van der Waals surface area contributed by atoms with Crippen molar-refractivity contribution in [2.45, 2.75) is 19.9 Å². The summed E-state index contributed by atoms with van der Waals surface area (Å²) in [7, 11) is 0. The van der Waals surface area contributed by atoms with Crippen molar-refractivity contribution in [3.63, 3.8) is 0 Å². The van der Waals surface area contributed by atoms with Crippen LogP contribution in [-0.4, -0.2) is 6.54 Å². The Morgan fingerprint density at radius 1 is 1.20 bits per heavy atom. The van der Waals surface area contributed by atoms with Crippen LogP contribution < -0.4 is 5.32 Å². The van der Waals surface area contributed by atoms with Crippen molar-refractivity contribution in [3.05, 3.63) is 47.4 Å². The average molecular weight is 290 g/mol. The van der Waals surface area contributed by atoms with Crippen molar-refractivity contribution in [3.8, 4) is 11.3 Å². The summed E-state index contributed by atoms with van der Waals surface area (Å²) in [6.45, 7) is 3.81. The van der Waals surface area contributed by atoms with Crippen molar-refractivity contribution in [2.75, 3.05) is 6.54 Å². The van der Waals surface area contributed by atoms with E-state index in [9.17, 15) is 0 Å². The fraction of sp³-hybridized carbons (Fsp3) is 0.250. The number of rotatable bonds is 5. The van der Waals surface area contributed by atoms with Gasteiger partial charge in [-0.3, -0.25) is 0 Å². The van der Waals surface area contributed by atoms with Crippen molar-refractivity contribution in [1.29, 1.82) is 0 Å². The molecule has 1 N–H and O–H groups in total. The summed E-state index contributed by atoms with van der Waals surface area (Å²) >= 11 is 6.00. The minimum atomic E-state index is 0.702. The van der Waals surface area contributed by atoms with Gasteiger partial charge >= 0.3 is 0 Å². The number of benzene rings is 1. The van der Waals surface area contributed by atoms with Gasteiger partial charge in [-0.2, -0.15) is 0 Å². The topological polar surface area (TPSA) is 38.3 Å². The van der Waals surface area contributed by atoms with Crippen LogP contribution >= 0.6 is 11.6 Å². The lowest BCUT2D eigenvalue weighted by Crippen LogP contribution is -2.13. The molecule has 1 aromatic carbocycles. The molecule has 0 unspecified atom stereocenters. The van der Waals surface area contributed by atoms with Crippen molar-refractivity contribution >= 4 is 22.6 Å². The minimum Gasteiger partial charge on any atom is -0.467 e. The predicted molar refractivity (Wildman–Crippen MR) is 80.9 cm³/mol. The van der Waals surface area contributed by atoms with Gasteiger partial charge in [0.1, 0.15) is 17.1 Å². The highest BCUT2D eigenvalue weighted by Crippen LogP contribution is 2.32. The third-order valence-electron chi connectivity index (χ3n) is 3.20. The van der Waals surface area contributed by atoms with E-state index in [1.807, 2.05) is 30.3 Å². The quantitative estimate of drug-likeness (QED) is 0.683. The maximum Gasteiger partial charge on any atom is 0.138 e. The molecule has 0 spiro atoms. The third kappa shape index (κ3) is 2.60. The average Bonchev–Trinajstić information content (AvgIpc) is 3.04. The molecule has 2 heterocycles. The number of halogens is 1. The summed E-state index contributed by atoms with van der Waals surface area (Å²) < 4.78 is 11.4. The van der Waals surface area contributed by atoms with Gasteiger partial charge in [-0.1, -0.05) is 18.5 Å². The van der Waals surface area contributed by atoms with E-state index in [2.05, 4.69) is 12.2 Å². The molecule has 0 saturated heterocycles. The number of fused-ring (bicyclic) bond motifs is 1. The molecule has 0 saturated carbocycles. The van der Waals surface area contributed by atoms with Gasteiger partial charge in [0.2, 0.25) is 0 Å². The van der Waals surface area contributed by atoms with Gasteiger partial charge in [0, 0.05) is 10.4 Å². The van der Waals surface area contributed by atoms with Crippen LogP contribution in [0, 0.1) is 0 Å². The smallest absolute Gasteiger partial charge is 0.138 e. The summed E-state index contributed by atoms with van der Waals surface area (Å²) in [4.78, 5) is 0. The largest absolute Gasteiger partial charge is 0.467 e. The van der Waals surface area contributed by atoms with Crippen LogP contribution in [0.4, 0.5) is 0 Å². The van der Waals surface area contributed by atoms with E-state index in [1.165, 1.54) is 0 Å². The van der Waals surface area contributed by atoms with E-state index < -0.39 is 0 Å². The summed E-state index contributed by atoms with van der Waals surface area (Å²) in [5, 5.41) is 5.05. The van der Waals surface area contributed by atoms with Gasteiger partial charge in [0.15, 0.2) is 0 Å². The van der Waals surface area contributed by atoms with E-state index >= 15 is 0 Å². The summed E-state index contributed by atoms with van der Waals surface area (Å²) in [6, 6.07) is 9.54. The minimum absolute atomic E-state index is 0.702. The zero-order chi connectivity index (χ0) is 13.9. The first-order valence-corrected chi connectivity index (χ1v) is 7.12. The first kappa shape index (κ1) is 13.3. The molecule has 2 aromatic heterocycles. The molecular formula is C16H16ClNO2. The van der Waals surface area contributed by atoms with Crippen molar-refractivity contribution in [2.24, 2.45) is 0 Å². The highest BCUT2D eigenvalue weighted by molar-refractivity contribution is 6.31. The van der Waals surface area contributed by atoms with Gasteiger partial charge in [0.05, 0.1) is 18.4 Å². The van der Waals surface area contributed by atoms with Crippen LogP contribution in [0.15, 0.2) is 45.4 Å². The first-order valence-electron chi connectivity index (χ1n) is 6.74. The molecule has 0 fully saturated rings. The van der Waals surface area contributed by atoms with E-state index in [-0.39, 0.29) is 0 Å². The normalized spacial score (nSPS) is 11.3. The van der Waals surface area contributed by atoms with Gasteiger partial charge in [0.25, 0.3) is 0 Å². The SMILES string of the molecule is CCCNCc1occc1-c1cc2cc(Cl)ccc2o1. The second kappa shape index (κ2) is 5.73. The zero-order valence-corrected chi connectivity index (χ0v) is 12.0. The number of furan rings is 2. The maximum absolute atomic E-state index is 6.00. The van der Waals surface area contributed by atoms with Crippen molar-refractivity contribution < 1.29 is 8.83 Å². The molecule has 4 heteroatoms. The highest BCUT2D eigenvalue weighted by Gasteiger charge is 2.13. The number of nitrogens with one attached hydrogen (secondary N) is 1. The van der Waals surface area contributed by atoms with Crippen LogP contribution in [0.3, 0.4) is 0 Å². The van der Waals surface area contributed by atoms with Crippen LogP contribution in [0.25, 0.3) is 22.3 Å². The van der Waals surface area contributed by atoms with Gasteiger partial charge < -0.3 is 14.2 Å². The molecular weight excluding hydrogens is 274 g/mol. The Labute approximate surface area is 122 Å². The fourth-order valence-corrected chi connectivity index (χ4v) is 2.40. The molecule has 104 valence electrons. The molecule has 3 nitrogen and oxygen atoms in total. The second-order valence-electron chi connectivity index (χ2n) is 4.73. The lowest BCUT2D eigenvalue weighted by molar-refractivity contribution is 0.482. The molecule has 0 atom stereocenters. The molecule has 20 heavy (non-hydrogen) atoms. The molecule has 3 rings (SSSR count). The zero-order valence-electron chi connectivity index (χ0n) is 11.3. The maximum atomic E-state index is 6.00. The Kier molecular flexibility index (Phi) is 3.81. The number of hydrogen-bond acceptors (Lipinski definition) is 3. The van der Waals surface area contributed by atoms with E-state index in [0.29, 0.717) is 11.6 Å². The molecule has 0 radical (unpaired) electrons. The number of hydrogen-bond donors (Lipinski definition) is 1. The Bertz CT molecular complexity index is 714.